The molecule has 1 aliphatic heterocycles. The molecule has 0 amide bonds. The number of piperidine rings is 1. The molecule has 0 N–H and O–H groups in total. The minimum absolute atomic E-state index is 0.291. The summed E-state index contributed by atoms with van der Waals surface area (Å²) in [6.07, 6.45) is 3.52. The summed E-state index contributed by atoms with van der Waals surface area (Å²) in [6, 6.07) is 13.8. The van der Waals surface area contributed by atoms with Crippen molar-refractivity contribution in [3.63, 3.8) is 0 Å². The molecule has 0 bridgehead atoms. The minimum Gasteiger partial charge on any atom is -0.462 e. The first kappa shape index (κ1) is 15.5. The van der Waals surface area contributed by atoms with Gasteiger partial charge in [-0.1, -0.05) is 30.3 Å². The summed E-state index contributed by atoms with van der Waals surface area (Å²) in [5, 5.41) is 0. The Morgan fingerprint density at radius 1 is 1.09 bits per heavy atom. The van der Waals surface area contributed by atoms with Gasteiger partial charge in [0, 0.05) is 18.7 Å². The highest BCUT2D eigenvalue weighted by molar-refractivity contribution is 5.95. The molecule has 0 spiro atoms. The van der Waals surface area contributed by atoms with Crippen LogP contribution in [0.15, 0.2) is 42.5 Å². The van der Waals surface area contributed by atoms with Crippen LogP contribution >= 0.6 is 0 Å². The van der Waals surface area contributed by atoms with Crippen LogP contribution in [0.5, 0.6) is 0 Å². The smallest absolute Gasteiger partial charge is 0.341 e. The molecule has 1 saturated heterocycles. The molecule has 1 aromatic carbocycles. The monoisotopic (exact) mass is 310 g/mol. The molecule has 3 rings (SSSR count). The average Bonchev–Trinajstić information content (AvgIpc) is 2.63. The highest BCUT2D eigenvalue weighted by atomic mass is 16.5. The Labute approximate surface area is 137 Å². The van der Waals surface area contributed by atoms with Gasteiger partial charge in [0.15, 0.2) is 0 Å². The fourth-order valence-electron chi connectivity index (χ4n) is 2.93. The lowest BCUT2D eigenvalue weighted by atomic mass is 10.1. The van der Waals surface area contributed by atoms with Crippen LogP contribution in [0.25, 0.3) is 11.3 Å². The maximum absolute atomic E-state index is 12.3. The number of hydrogen-bond donors (Lipinski definition) is 0. The number of ether oxygens (including phenoxy) is 1. The number of hydrogen-bond acceptors (Lipinski definition) is 4. The maximum atomic E-state index is 12.3. The van der Waals surface area contributed by atoms with Gasteiger partial charge in [0.25, 0.3) is 0 Å². The van der Waals surface area contributed by atoms with Gasteiger partial charge in [-0.25, -0.2) is 9.78 Å². The summed E-state index contributed by atoms with van der Waals surface area (Å²) >= 11 is 0. The number of carbonyl (C=O) groups is 1. The fourth-order valence-corrected chi connectivity index (χ4v) is 2.93. The highest BCUT2D eigenvalue weighted by Gasteiger charge is 2.21. The van der Waals surface area contributed by atoms with Gasteiger partial charge in [-0.05, 0) is 38.3 Å². The second kappa shape index (κ2) is 7.27. The number of aromatic nitrogens is 1. The number of carbonyl (C=O) groups excluding carboxylic acids is 1. The quantitative estimate of drug-likeness (QED) is 0.803. The van der Waals surface area contributed by atoms with Gasteiger partial charge >= 0.3 is 5.97 Å². The lowest BCUT2D eigenvalue weighted by Gasteiger charge is -2.29. The average molecular weight is 310 g/mol. The zero-order valence-corrected chi connectivity index (χ0v) is 13.5. The first-order valence-corrected chi connectivity index (χ1v) is 8.28. The van der Waals surface area contributed by atoms with Crippen molar-refractivity contribution in [2.24, 2.45) is 0 Å². The van der Waals surface area contributed by atoms with Crippen molar-refractivity contribution in [1.82, 2.24) is 4.98 Å². The first-order chi connectivity index (χ1) is 11.3. The number of nitrogens with zero attached hydrogens (tertiary/aromatic N) is 2. The van der Waals surface area contributed by atoms with Crippen molar-refractivity contribution >= 4 is 11.8 Å². The Hall–Kier alpha value is -2.36. The van der Waals surface area contributed by atoms with Crippen LogP contribution in [0.2, 0.25) is 0 Å². The van der Waals surface area contributed by atoms with E-state index in [1.54, 1.807) is 0 Å². The van der Waals surface area contributed by atoms with E-state index in [0.29, 0.717) is 12.2 Å². The zero-order chi connectivity index (χ0) is 16.1. The third kappa shape index (κ3) is 3.52. The summed E-state index contributed by atoms with van der Waals surface area (Å²) in [7, 11) is 0. The van der Waals surface area contributed by atoms with E-state index in [4.69, 9.17) is 9.72 Å². The number of benzene rings is 1. The molecule has 4 nitrogen and oxygen atoms in total. The topological polar surface area (TPSA) is 42.4 Å². The number of rotatable bonds is 4. The Kier molecular flexibility index (Phi) is 4.91. The molecular weight excluding hydrogens is 288 g/mol. The van der Waals surface area contributed by atoms with Crippen LogP contribution < -0.4 is 4.90 Å². The summed E-state index contributed by atoms with van der Waals surface area (Å²) in [4.78, 5) is 19.3. The molecule has 4 heteroatoms. The van der Waals surface area contributed by atoms with Crippen molar-refractivity contribution in [2.45, 2.75) is 26.2 Å². The molecular formula is C19H22N2O2. The molecule has 2 heterocycles. The first-order valence-electron chi connectivity index (χ1n) is 8.28. The second-order valence-electron chi connectivity index (χ2n) is 5.70. The summed E-state index contributed by atoms with van der Waals surface area (Å²) in [5.74, 6) is 0.463. The third-order valence-corrected chi connectivity index (χ3v) is 4.10. The fraction of sp³-hybridized carbons (Fsp3) is 0.368. The van der Waals surface area contributed by atoms with Gasteiger partial charge < -0.3 is 9.64 Å². The third-order valence-electron chi connectivity index (χ3n) is 4.10. The molecule has 0 atom stereocenters. The number of esters is 1. The normalized spacial score (nSPS) is 14.6. The predicted molar refractivity (Wildman–Crippen MR) is 91.7 cm³/mol. The SMILES string of the molecule is CCOC(=O)c1ccc(-c2ccccc2)nc1N1CCCCC1. The van der Waals surface area contributed by atoms with E-state index < -0.39 is 0 Å². The second-order valence-corrected chi connectivity index (χ2v) is 5.70. The molecule has 1 fully saturated rings. The van der Waals surface area contributed by atoms with Gasteiger partial charge in [-0.15, -0.1) is 0 Å². The molecule has 23 heavy (non-hydrogen) atoms. The van der Waals surface area contributed by atoms with Gasteiger partial charge in [-0.2, -0.15) is 0 Å². The standard InChI is InChI=1S/C19H22N2O2/c1-2-23-19(22)16-11-12-17(15-9-5-3-6-10-15)20-18(16)21-13-7-4-8-14-21/h3,5-6,9-12H,2,4,7-8,13-14H2,1H3. The number of pyridine rings is 1. The Bertz CT molecular complexity index is 664. The summed E-state index contributed by atoms with van der Waals surface area (Å²) < 4.78 is 5.20. The molecule has 0 saturated carbocycles. The predicted octanol–water partition coefficient (Wildman–Crippen LogP) is 3.92. The van der Waals surface area contributed by atoms with Crippen LogP contribution in [0.3, 0.4) is 0 Å². The van der Waals surface area contributed by atoms with E-state index in [9.17, 15) is 4.79 Å². The van der Waals surface area contributed by atoms with Gasteiger partial charge in [0.05, 0.1) is 12.3 Å². The maximum Gasteiger partial charge on any atom is 0.341 e. The zero-order valence-electron chi connectivity index (χ0n) is 13.5. The van der Waals surface area contributed by atoms with Crippen molar-refractivity contribution in [3.05, 3.63) is 48.0 Å². The number of anilines is 1. The van der Waals surface area contributed by atoms with Gasteiger partial charge in [0.1, 0.15) is 11.4 Å². The lowest BCUT2D eigenvalue weighted by molar-refractivity contribution is 0.0526. The van der Waals surface area contributed by atoms with Crippen molar-refractivity contribution in [1.29, 1.82) is 0 Å². The van der Waals surface area contributed by atoms with E-state index in [2.05, 4.69) is 4.90 Å². The molecule has 1 aromatic heterocycles. The van der Waals surface area contributed by atoms with E-state index in [1.807, 2.05) is 49.4 Å². The molecule has 0 aliphatic carbocycles. The van der Waals surface area contributed by atoms with E-state index in [0.717, 1.165) is 43.0 Å². The van der Waals surface area contributed by atoms with Crippen molar-refractivity contribution in [3.8, 4) is 11.3 Å². The Morgan fingerprint density at radius 2 is 1.83 bits per heavy atom. The largest absolute Gasteiger partial charge is 0.462 e. The van der Waals surface area contributed by atoms with E-state index in [1.165, 1.54) is 6.42 Å². The van der Waals surface area contributed by atoms with E-state index in [-0.39, 0.29) is 5.97 Å². The van der Waals surface area contributed by atoms with Gasteiger partial charge in [0.2, 0.25) is 0 Å². The molecule has 0 radical (unpaired) electrons. The highest BCUT2D eigenvalue weighted by Crippen LogP contribution is 2.27. The Morgan fingerprint density at radius 3 is 2.52 bits per heavy atom. The summed E-state index contributed by atoms with van der Waals surface area (Å²) in [5.41, 5.74) is 2.51. The van der Waals surface area contributed by atoms with E-state index >= 15 is 0 Å². The van der Waals surface area contributed by atoms with Crippen molar-refractivity contribution < 1.29 is 9.53 Å². The van der Waals surface area contributed by atoms with Crippen LogP contribution in [0.4, 0.5) is 5.82 Å². The molecule has 0 unspecified atom stereocenters. The van der Waals surface area contributed by atoms with Crippen LogP contribution in [-0.2, 0) is 4.74 Å². The summed E-state index contributed by atoms with van der Waals surface area (Å²) in [6.45, 7) is 4.08. The molecule has 2 aromatic rings. The van der Waals surface area contributed by atoms with Gasteiger partial charge in [-0.3, -0.25) is 0 Å². The lowest BCUT2D eigenvalue weighted by Crippen LogP contribution is -2.32. The van der Waals surface area contributed by atoms with Crippen LogP contribution in [0, 0.1) is 0 Å². The van der Waals surface area contributed by atoms with Crippen LogP contribution in [-0.4, -0.2) is 30.6 Å². The molecule has 1 aliphatic rings. The van der Waals surface area contributed by atoms with Crippen LogP contribution in [0.1, 0.15) is 36.5 Å². The molecule has 120 valence electrons. The Balaban J connectivity index is 2.01. The minimum atomic E-state index is -0.291. The van der Waals surface area contributed by atoms with Crippen molar-refractivity contribution in [2.75, 3.05) is 24.6 Å².